The molecule has 2 unspecified atom stereocenters. The number of hydrogen-bond donors (Lipinski definition) is 1. The minimum absolute atomic E-state index is 0.543. The summed E-state index contributed by atoms with van der Waals surface area (Å²) in [5, 5.41) is 3.69. The molecule has 2 atom stereocenters. The monoisotopic (exact) mass is 294 g/mol. The molecule has 0 aromatic heterocycles. The van der Waals surface area contributed by atoms with Crippen LogP contribution in [-0.4, -0.2) is 37.1 Å². The molecule has 0 spiro atoms. The zero-order valence-electron chi connectivity index (χ0n) is 14.8. The van der Waals surface area contributed by atoms with Gasteiger partial charge in [0, 0.05) is 19.1 Å². The van der Waals surface area contributed by atoms with E-state index in [2.05, 4.69) is 31.0 Å². The molecule has 2 saturated carbocycles. The number of nitrogens with zero attached hydrogens (tertiary/aromatic N) is 1. The van der Waals surface area contributed by atoms with Gasteiger partial charge in [-0.2, -0.15) is 0 Å². The fraction of sp³-hybridized carbons (Fsp3) is 1.00. The first-order valence-corrected chi connectivity index (χ1v) is 9.64. The quantitative estimate of drug-likeness (QED) is 0.746. The Morgan fingerprint density at radius 3 is 2.43 bits per heavy atom. The Bertz CT molecular complexity index is 285. The molecular formula is C19H38N2. The molecule has 2 fully saturated rings. The molecule has 0 radical (unpaired) electrons. The van der Waals surface area contributed by atoms with Crippen LogP contribution < -0.4 is 5.32 Å². The third kappa shape index (κ3) is 4.96. The highest BCUT2D eigenvalue weighted by Crippen LogP contribution is 2.40. The number of nitrogens with one attached hydrogen (secondary N) is 1. The van der Waals surface area contributed by atoms with E-state index < -0.39 is 0 Å². The van der Waals surface area contributed by atoms with Gasteiger partial charge >= 0.3 is 0 Å². The van der Waals surface area contributed by atoms with E-state index in [1.165, 1.54) is 77.4 Å². The van der Waals surface area contributed by atoms with Crippen LogP contribution in [0.2, 0.25) is 0 Å². The summed E-state index contributed by atoms with van der Waals surface area (Å²) in [6.07, 6.45) is 13.0. The maximum Gasteiger partial charge on any atom is 0.00953 e. The van der Waals surface area contributed by atoms with Crippen molar-refractivity contribution in [3.05, 3.63) is 0 Å². The van der Waals surface area contributed by atoms with Gasteiger partial charge in [-0.05, 0) is 50.1 Å². The Balaban J connectivity index is 2.00. The van der Waals surface area contributed by atoms with Crippen molar-refractivity contribution < 1.29 is 0 Å². The number of rotatable bonds is 7. The molecule has 0 saturated heterocycles. The maximum absolute atomic E-state index is 3.69. The van der Waals surface area contributed by atoms with Gasteiger partial charge in [0.05, 0.1) is 0 Å². The molecule has 2 aliphatic carbocycles. The lowest BCUT2D eigenvalue weighted by molar-refractivity contribution is 0.0502. The van der Waals surface area contributed by atoms with Crippen LogP contribution >= 0.6 is 0 Å². The van der Waals surface area contributed by atoms with Gasteiger partial charge in [0.1, 0.15) is 0 Å². The van der Waals surface area contributed by atoms with Crippen molar-refractivity contribution in [2.24, 2.45) is 11.3 Å². The van der Waals surface area contributed by atoms with Gasteiger partial charge in [-0.15, -0.1) is 0 Å². The predicted octanol–water partition coefficient (Wildman–Crippen LogP) is 4.45. The molecule has 0 aromatic rings. The van der Waals surface area contributed by atoms with Crippen LogP contribution in [-0.2, 0) is 0 Å². The van der Waals surface area contributed by atoms with Crippen molar-refractivity contribution in [1.82, 2.24) is 10.2 Å². The van der Waals surface area contributed by atoms with Crippen molar-refractivity contribution in [1.29, 1.82) is 0 Å². The molecule has 0 heterocycles. The van der Waals surface area contributed by atoms with E-state index in [0.717, 1.165) is 18.5 Å². The van der Waals surface area contributed by atoms with Crippen LogP contribution in [0.3, 0.4) is 0 Å². The first-order chi connectivity index (χ1) is 10.2. The Hall–Kier alpha value is -0.0800. The van der Waals surface area contributed by atoms with Gasteiger partial charge in [0.25, 0.3) is 0 Å². The lowest BCUT2D eigenvalue weighted by atomic mass is 9.69. The topological polar surface area (TPSA) is 15.3 Å². The van der Waals surface area contributed by atoms with Gasteiger partial charge in [0.15, 0.2) is 0 Å². The fourth-order valence-electron chi connectivity index (χ4n) is 4.90. The van der Waals surface area contributed by atoms with Crippen LogP contribution in [0.5, 0.6) is 0 Å². The summed E-state index contributed by atoms with van der Waals surface area (Å²) in [6, 6.07) is 0.875. The summed E-state index contributed by atoms with van der Waals surface area (Å²) in [5.41, 5.74) is 0.543. The van der Waals surface area contributed by atoms with Gasteiger partial charge in [-0.3, -0.25) is 0 Å². The largest absolute Gasteiger partial charge is 0.316 e. The van der Waals surface area contributed by atoms with Crippen LogP contribution in [0.1, 0.15) is 78.6 Å². The van der Waals surface area contributed by atoms with Crippen molar-refractivity contribution in [2.75, 3.05) is 26.2 Å². The molecule has 2 nitrogen and oxygen atoms in total. The molecule has 0 aliphatic heterocycles. The van der Waals surface area contributed by atoms with Crippen LogP contribution in [0.25, 0.3) is 0 Å². The molecule has 0 aromatic carbocycles. The molecule has 0 amide bonds. The Labute approximate surface area is 133 Å². The van der Waals surface area contributed by atoms with E-state index in [1.807, 2.05) is 0 Å². The average molecular weight is 295 g/mol. The summed E-state index contributed by atoms with van der Waals surface area (Å²) >= 11 is 0. The molecule has 2 heteroatoms. The molecule has 2 aliphatic rings. The highest BCUT2D eigenvalue weighted by molar-refractivity contribution is 4.91. The number of hydrogen-bond acceptors (Lipinski definition) is 2. The van der Waals surface area contributed by atoms with Gasteiger partial charge < -0.3 is 10.2 Å². The summed E-state index contributed by atoms with van der Waals surface area (Å²) < 4.78 is 0. The van der Waals surface area contributed by atoms with Crippen LogP contribution in [0.4, 0.5) is 0 Å². The third-order valence-corrected chi connectivity index (χ3v) is 5.97. The molecular weight excluding hydrogens is 256 g/mol. The van der Waals surface area contributed by atoms with E-state index in [0.29, 0.717) is 5.41 Å². The van der Waals surface area contributed by atoms with Gasteiger partial charge in [-0.1, -0.05) is 52.9 Å². The smallest absolute Gasteiger partial charge is 0.00953 e. The second-order valence-electron chi connectivity index (χ2n) is 7.84. The van der Waals surface area contributed by atoms with Gasteiger partial charge in [-0.25, -0.2) is 0 Å². The Morgan fingerprint density at radius 2 is 1.81 bits per heavy atom. The first-order valence-electron chi connectivity index (χ1n) is 9.64. The van der Waals surface area contributed by atoms with Crippen molar-refractivity contribution in [3.63, 3.8) is 0 Å². The standard InChI is InChI=1S/C19H38N2/c1-4-20-15-19(13-9-10-17(3)14-19)16-21(5-2)18-11-7-6-8-12-18/h17-18,20H,4-16H2,1-3H3. The fourth-order valence-corrected chi connectivity index (χ4v) is 4.90. The third-order valence-electron chi connectivity index (χ3n) is 5.97. The normalized spacial score (nSPS) is 31.7. The van der Waals surface area contributed by atoms with Crippen molar-refractivity contribution >= 4 is 0 Å². The minimum atomic E-state index is 0.543. The first kappa shape index (κ1) is 17.3. The Morgan fingerprint density at radius 1 is 1.05 bits per heavy atom. The van der Waals surface area contributed by atoms with Crippen LogP contribution in [0.15, 0.2) is 0 Å². The molecule has 21 heavy (non-hydrogen) atoms. The summed E-state index contributed by atoms with van der Waals surface area (Å²) in [7, 11) is 0. The Kier molecular flexibility index (Phi) is 7.01. The summed E-state index contributed by atoms with van der Waals surface area (Å²) in [4.78, 5) is 2.84. The second-order valence-corrected chi connectivity index (χ2v) is 7.84. The maximum atomic E-state index is 3.69. The highest BCUT2D eigenvalue weighted by Gasteiger charge is 2.37. The van der Waals surface area contributed by atoms with E-state index in [1.54, 1.807) is 0 Å². The van der Waals surface area contributed by atoms with E-state index >= 15 is 0 Å². The van der Waals surface area contributed by atoms with Crippen molar-refractivity contribution in [3.8, 4) is 0 Å². The lowest BCUT2D eigenvalue weighted by Crippen LogP contribution is -2.50. The van der Waals surface area contributed by atoms with E-state index in [9.17, 15) is 0 Å². The zero-order chi connectivity index (χ0) is 15.1. The molecule has 124 valence electrons. The zero-order valence-corrected chi connectivity index (χ0v) is 14.8. The van der Waals surface area contributed by atoms with E-state index in [4.69, 9.17) is 0 Å². The van der Waals surface area contributed by atoms with Crippen molar-refractivity contribution in [2.45, 2.75) is 84.6 Å². The lowest BCUT2D eigenvalue weighted by Gasteiger charge is -2.46. The predicted molar refractivity (Wildman–Crippen MR) is 92.7 cm³/mol. The molecule has 1 N–H and O–H groups in total. The molecule has 0 bridgehead atoms. The second kappa shape index (κ2) is 8.53. The van der Waals surface area contributed by atoms with E-state index in [-0.39, 0.29) is 0 Å². The minimum Gasteiger partial charge on any atom is -0.316 e. The summed E-state index contributed by atoms with van der Waals surface area (Å²) in [5.74, 6) is 0.919. The average Bonchev–Trinajstić information content (AvgIpc) is 2.52. The molecule has 2 rings (SSSR count). The highest BCUT2D eigenvalue weighted by atomic mass is 15.2. The van der Waals surface area contributed by atoms with Crippen LogP contribution in [0, 0.1) is 11.3 Å². The SMILES string of the molecule is CCNCC1(CN(CC)C2CCCCC2)CCCC(C)C1. The van der Waals surface area contributed by atoms with Gasteiger partial charge in [0.2, 0.25) is 0 Å². The summed E-state index contributed by atoms with van der Waals surface area (Å²) in [6.45, 7) is 12.0.